The maximum absolute atomic E-state index is 12.2. The molecule has 0 aliphatic heterocycles. The molecule has 1 aromatic carbocycles. The number of hydrogen-bond acceptors (Lipinski definition) is 4. The van der Waals surface area contributed by atoms with Crippen LogP contribution < -0.4 is 5.32 Å². The molecule has 5 nitrogen and oxygen atoms in total. The lowest BCUT2D eigenvalue weighted by Crippen LogP contribution is -2.42. The van der Waals surface area contributed by atoms with E-state index >= 15 is 0 Å². The van der Waals surface area contributed by atoms with Gasteiger partial charge in [0, 0.05) is 0 Å². The van der Waals surface area contributed by atoms with Crippen molar-refractivity contribution in [3.8, 4) is 0 Å². The molecule has 108 valence electrons. The second-order valence-electron chi connectivity index (χ2n) is 4.82. The van der Waals surface area contributed by atoms with E-state index in [9.17, 15) is 14.4 Å². The van der Waals surface area contributed by atoms with Crippen LogP contribution in [0.5, 0.6) is 0 Å². The number of esters is 1. The molecule has 0 saturated carbocycles. The zero-order valence-electron chi connectivity index (χ0n) is 11.9. The van der Waals surface area contributed by atoms with Crippen LogP contribution in [0.15, 0.2) is 30.3 Å². The fourth-order valence-electron chi connectivity index (χ4n) is 1.67. The van der Waals surface area contributed by atoms with Gasteiger partial charge in [0.1, 0.15) is 0 Å². The standard InChI is InChI=1S/C15H19NO4/c1-4-20-14(19)13(18)16-10-12(17)15(2,3)11-8-6-5-7-9-11/h5-9H,4,10H2,1-3H3,(H,16,18). The second kappa shape index (κ2) is 6.84. The third kappa shape index (κ3) is 3.91. The quantitative estimate of drug-likeness (QED) is 0.648. The fraction of sp³-hybridized carbons (Fsp3) is 0.400. The SMILES string of the molecule is CCOC(=O)C(=O)NCC(=O)C(C)(C)c1ccccc1. The van der Waals surface area contributed by atoms with Gasteiger partial charge in [-0.2, -0.15) is 0 Å². The highest BCUT2D eigenvalue weighted by atomic mass is 16.5. The molecule has 0 saturated heterocycles. The summed E-state index contributed by atoms with van der Waals surface area (Å²) < 4.78 is 4.54. The minimum Gasteiger partial charge on any atom is -0.459 e. The van der Waals surface area contributed by atoms with E-state index in [0.29, 0.717) is 0 Å². The molecule has 1 N–H and O–H groups in total. The van der Waals surface area contributed by atoms with Gasteiger partial charge in [0.05, 0.1) is 18.6 Å². The van der Waals surface area contributed by atoms with Crippen molar-refractivity contribution in [3.63, 3.8) is 0 Å². The van der Waals surface area contributed by atoms with Gasteiger partial charge < -0.3 is 10.1 Å². The van der Waals surface area contributed by atoms with E-state index in [2.05, 4.69) is 10.1 Å². The topological polar surface area (TPSA) is 72.5 Å². The number of ketones is 1. The molecule has 0 heterocycles. The van der Waals surface area contributed by atoms with Crippen molar-refractivity contribution in [3.05, 3.63) is 35.9 Å². The zero-order valence-corrected chi connectivity index (χ0v) is 11.9. The molecular weight excluding hydrogens is 258 g/mol. The summed E-state index contributed by atoms with van der Waals surface area (Å²) in [5, 5.41) is 2.28. The summed E-state index contributed by atoms with van der Waals surface area (Å²) in [5.74, 6) is -2.05. The van der Waals surface area contributed by atoms with Crippen molar-refractivity contribution in [2.45, 2.75) is 26.2 Å². The minimum atomic E-state index is -0.974. The molecule has 1 rings (SSSR count). The van der Waals surface area contributed by atoms with Gasteiger partial charge >= 0.3 is 11.9 Å². The fourth-order valence-corrected chi connectivity index (χ4v) is 1.67. The third-order valence-corrected chi connectivity index (χ3v) is 3.06. The minimum absolute atomic E-state index is 0.121. The van der Waals surface area contributed by atoms with Crippen molar-refractivity contribution in [1.82, 2.24) is 5.32 Å². The second-order valence-corrected chi connectivity index (χ2v) is 4.82. The first-order chi connectivity index (χ1) is 9.39. The highest BCUT2D eigenvalue weighted by molar-refractivity contribution is 6.32. The molecule has 0 spiro atoms. The van der Waals surface area contributed by atoms with Crippen LogP contribution in [0.4, 0.5) is 0 Å². The zero-order chi connectivity index (χ0) is 15.2. The number of carbonyl (C=O) groups is 3. The Morgan fingerprint density at radius 3 is 2.30 bits per heavy atom. The number of ether oxygens (including phenoxy) is 1. The van der Waals surface area contributed by atoms with Gasteiger partial charge in [-0.1, -0.05) is 30.3 Å². The maximum atomic E-state index is 12.2. The van der Waals surface area contributed by atoms with Crippen LogP contribution in [0.1, 0.15) is 26.3 Å². The summed E-state index contributed by atoms with van der Waals surface area (Å²) in [6.07, 6.45) is 0. The first-order valence-corrected chi connectivity index (χ1v) is 6.43. The number of hydrogen-bond donors (Lipinski definition) is 1. The van der Waals surface area contributed by atoms with Crippen molar-refractivity contribution in [2.75, 3.05) is 13.2 Å². The Balaban J connectivity index is 2.63. The molecule has 0 aromatic heterocycles. The lowest BCUT2D eigenvalue weighted by molar-refractivity contribution is -0.154. The molecule has 0 bridgehead atoms. The smallest absolute Gasteiger partial charge is 0.396 e. The highest BCUT2D eigenvalue weighted by Gasteiger charge is 2.30. The number of amides is 1. The average Bonchev–Trinajstić information content (AvgIpc) is 2.45. The lowest BCUT2D eigenvalue weighted by Gasteiger charge is -2.23. The van der Waals surface area contributed by atoms with Crippen LogP contribution >= 0.6 is 0 Å². The molecule has 0 radical (unpaired) electrons. The van der Waals surface area contributed by atoms with Gasteiger partial charge in [-0.25, -0.2) is 4.79 Å². The molecule has 0 fully saturated rings. The Kier molecular flexibility index (Phi) is 5.43. The first kappa shape index (κ1) is 15.9. The van der Waals surface area contributed by atoms with E-state index in [1.165, 1.54) is 0 Å². The average molecular weight is 277 g/mol. The normalized spacial score (nSPS) is 10.8. The van der Waals surface area contributed by atoms with Gasteiger partial charge in [-0.05, 0) is 26.3 Å². The van der Waals surface area contributed by atoms with Gasteiger partial charge in [-0.15, -0.1) is 0 Å². The van der Waals surface area contributed by atoms with E-state index in [1.807, 2.05) is 30.3 Å². The van der Waals surface area contributed by atoms with E-state index in [-0.39, 0.29) is 18.9 Å². The number of Topliss-reactive ketones (excluding diaryl/α,β-unsaturated/α-hetero) is 1. The van der Waals surface area contributed by atoms with Gasteiger partial charge in [0.2, 0.25) is 0 Å². The Labute approximate surface area is 118 Å². The molecule has 0 aliphatic carbocycles. The van der Waals surface area contributed by atoms with E-state index in [1.54, 1.807) is 20.8 Å². The predicted molar refractivity (Wildman–Crippen MR) is 74.1 cm³/mol. The maximum Gasteiger partial charge on any atom is 0.396 e. The van der Waals surface area contributed by atoms with Gasteiger partial charge in [0.15, 0.2) is 5.78 Å². The van der Waals surface area contributed by atoms with Crippen LogP contribution in [0.3, 0.4) is 0 Å². The van der Waals surface area contributed by atoms with Crippen LogP contribution in [-0.2, 0) is 24.5 Å². The van der Waals surface area contributed by atoms with E-state index in [4.69, 9.17) is 0 Å². The predicted octanol–water partition coefficient (Wildman–Crippen LogP) is 1.21. The third-order valence-electron chi connectivity index (χ3n) is 3.06. The molecule has 5 heteroatoms. The summed E-state index contributed by atoms with van der Waals surface area (Å²) in [6, 6.07) is 9.27. The van der Waals surface area contributed by atoms with Gasteiger partial charge in [-0.3, -0.25) is 9.59 Å². The van der Waals surface area contributed by atoms with Gasteiger partial charge in [0.25, 0.3) is 0 Å². The van der Waals surface area contributed by atoms with E-state index < -0.39 is 17.3 Å². The summed E-state index contributed by atoms with van der Waals surface area (Å²) in [4.78, 5) is 34.7. The summed E-state index contributed by atoms with van der Waals surface area (Å²) in [6.45, 7) is 5.08. The molecular formula is C15H19NO4. The Bertz CT molecular complexity index is 494. The summed E-state index contributed by atoms with van der Waals surface area (Å²) in [7, 11) is 0. The first-order valence-electron chi connectivity index (χ1n) is 6.43. The summed E-state index contributed by atoms with van der Waals surface area (Å²) >= 11 is 0. The molecule has 0 aliphatic rings. The molecule has 1 aromatic rings. The van der Waals surface area contributed by atoms with Crippen LogP contribution in [0.25, 0.3) is 0 Å². The summed E-state index contributed by atoms with van der Waals surface area (Å²) in [5.41, 5.74) is 0.124. The van der Waals surface area contributed by atoms with Crippen molar-refractivity contribution in [1.29, 1.82) is 0 Å². The van der Waals surface area contributed by atoms with Crippen molar-refractivity contribution < 1.29 is 19.1 Å². The highest BCUT2D eigenvalue weighted by Crippen LogP contribution is 2.23. The number of carbonyl (C=O) groups excluding carboxylic acids is 3. The molecule has 20 heavy (non-hydrogen) atoms. The molecule has 0 atom stereocenters. The lowest BCUT2D eigenvalue weighted by atomic mass is 9.80. The van der Waals surface area contributed by atoms with Crippen molar-refractivity contribution >= 4 is 17.7 Å². The Morgan fingerprint density at radius 2 is 1.75 bits per heavy atom. The largest absolute Gasteiger partial charge is 0.459 e. The molecule has 1 amide bonds. The monoisotopic (exact) mass is 277 g/mol. The van der Waals surface area contributed by atoms with Crippen LogP contribution in [-0.4, -0.2) is 30.8 Å². The van der Waals surface area contributed by atoms with E-state index in [0.717, 1.165) is 5.56 Å². The Hall–Kier alpha value is -2.17. The number of benzene rings is 1. The van der Waals surface area contributed by atoms with Crippen LogP contribution in [0.2, 0.25) is 0 Å². The van der Waals surface area contributed by atoms with Crippen molar-refractivity contribution in [2.24, 2.45) is 0 Å². The molecule has 0 unspecified atom stereocenters. The Morgan fingerprint density at radius 1 is 1.15 bits per heavy atom. The number of nitrogens with one attached hydrogen (secondary N) is 1. The number of rotatable bonds is 5. The van der Waals surface area contributed by atoms with Crippen LogP contribution in [0, 0.1) is 0 Å².